The SMILES string of the molecule is CC1C(C(=O)NCCCN2CCCc3ccccc32)NNC1c1ccccc1. The maximum Gasteiger partial charge on any atom is 0.238 e. The molecule has 2 aliphatic heterocycles. The van der Waals surface area contributed by atoms with Crippen LogP contribution >= 0.6 is 0 Å². The van der Waals surface area contributed by atoms with E-state index in [4.69, 9.17) is 0 Å². The van der Waals surface area contributed by atoms with Crippen LogP contribution in [0.5, 0.6) is 0 Å². The lowest BCUT2D eigenvalue weighted by molar-refractivity contribution is -0.123. The predicted octanol–water partition coefficient (Wildman–Crippen LogP) is 2.80. The van der Waals surface area contributed by atoms with Crippen molar-refractivity contribution in [1.29, 1.82) is 0 Å². The highest BCUT2D eigenvalue weighted by Crippen LogP contribution is 2.28. The van der Waals surface area contributed by atoms with E-state index < -0.39 is 0 Å². The molecule has 3 atom stereocenters. The predicted molar refractivity (Wildman–Crippen MR) is 113 cm³/mol. The number of hydrogen-bond acceptors (Lipinski definition) is 4. The normalized spacial score (nSPS) is 24.0. The number of anilines is 1. The third kappa shape index (κ3) is 4.05. The number of aryl methyl sites for hydroxylation is 1. The molecule has 2 aromatic rings. The molecule has 5 nitrogen and oxygen atoms in total. The van der Waals surface area contributed by atoms with Crippen molar-refractivity contribution in [1.82, 2.24) is 16.2 Å². The molecule has 2 aromatic carbocycles. The Kier molecular flexibility index (Phi) is 5.93. The van der Waals surface area contributed by atoms with E-state index in [9.17, 15) is 4.79 Å². The van der Waals surface area contributed by atoms with E-state index in [-0.39, 0.29) is 23.9 Å². The molecule has 3 unspecified atom stereocenters. The lowest BCUT2D eigenvalue weighted by Gasteiger charge is -2.31. The lowest BCUT2D eigenvalue weighted by Crippen LogP contribution is -2.45. The quantitative estimate of drug-likeness (QED) is 0.677. The molecule has 1 saturated heterocycles. The van der Waals surface area contributed by atoms with Crippen LogP contribution in [0, 0.1) is 5.92 Å². The Labute approximate surface area is 167 Å². The third-order valence-electron chi connectivity index (χ3n) is 6.00. The molecule has 2 heterocycles. The van der Waals surface area contributed by atoms with E-state index in [1.165, 1.54) is 29.7 Å². The van der Waals surface area contributed by atoms with Gasteiger partial charge in [0.1, 0.15) is 6.04 Å². The van der Waals surface area contributed by atoms with Crippen molar-refractivity contribution >= 4 is 11.6 Å². The zero-order valence-corrected chi connectivity index (χ0v) is 16.5. The number of rotatable bonds is 6. The molecular weight excluding hydrogens is 348 g/mol. The van der Waals surface area contributed by atoms with Crippen molar-refractivity contribution in [3.63, 3.8) is 0 Å². The number of benzene rings is 2. The average Bonchev–Trinajstić information content (AvgIpc) is 3.13. The van der Waals surface area contributed by atoms with E-state index in [2.05, 4.69) is 64.4 Å². The summed E-state index contributed by atoms with van der Waals surface area (Å²) in [4.78, 5) is 15.1. The number of nitrogens with one attached hydrogen (secondary N) is 3. The number of carbonyl (C=O) groups is 1. The van der Waals surface area contributed by atoms with Crippen LogP contribution in [0.4, 0.5) is 5.69 Å². The summed E-state index contributed by atoms with van der Waals surface area (Å²) in [6, 6.07) is 18.9. The molecule has 0 spiro atoms. The highest BCUT2D eigenvalue weighted by Gasteiger charge is 2.37. The van der Waals surface area contributed by atoms with Gasteiger partial charge in [-0.05, 0) is 36.5 Å². The van der Waals surface area contributed by atoms with Crippen LogP contribution in [0.3, 0.4) is 0 Å². The molecule has 5 heteroatoms. The number of fused-ring (bicyclic) bond motifs is 1. The topological polar surface area (TPSA) is 56.4 Å². The Morgan fingerprint density at radius 2 is 1.89 bits per heavy atom. The molecule has 0 radical (unpaired) electrons. The van der Waals surface area contributed by atoms with Gasteiger partial charge in [0.15, 0.2) is 0 Å². The summed E-state index contributed by atoms with van der Waals surface area (Å²) in [7, 11) is 0. The summed E-state index contributed by atoms with van der Waals surface area (Å²) in [5, 5.41) is 3.12. The number of hydrogen-bond donors (Lipinski definition) is 3. The molecular formula is C23H30N4O. The highest BCUT2D eigenvalue weighted by molar-refractivity contribution is 5.82. The Balaban J connectivity index is 1.24. The second-order valence-electron chi connectivity index (χ2n) is 7.88. The standard InChI is InChI=1S/C23H30N4O/c1-17-21(19-10-3-2-4-11-19)25-26-22(17)23(28)24-14-8-16-27-15-7-12-18-9-5-6-13-20(18)27/h2-6,9-11,13,17,21-22,25-26H,7-8,12,14-16H2,1H3,(H,24,28). The largest absolute Gasteiger partial charge is 0.371 e. The Morgan fingerprint density at radius 3 is 2.75 bits per heavy atom. The number of amides is 1. The minimum atomic E-state index is -0.207. The minimum absolute atomic E-state index is 0.0810. The number of carbonyl (C=O) groups excluding carboxylic acids is 1. The number of nitrogens with zero attached hydrogens (tertiary/aromatic N) is 1. The zero-order chi connectivity index (χ0) is 19.3. The fraction of sp³-hybridized carbons (Fsp3) is 0.435. The van der Waals surface area contributed by atoms with Crippen molar-refractivity contribution in [2.24, 2.45) is 5.92 Å². The van der Waals surface area contributed by atoms with Crippen molar-refractivity contribution in [2.75, 3.05) is 24.5 Å². The van der Waals surface area contributed by atoms with Crippen molar-refractivity contribution < 1.29 is 4.79 Å². The van der Waals surface area contributed by atoms with Crippen LogP contribution in [0.25, 0.3) is 0 Å². The molecule has 1 amide bonds. The van der Waals surface area contributed by atoms with Crippen LogP contribution in [0.15, 0.2) is 54.6 Å². The van der Waals surface area contributed by atoms with Crippen LogP contribution in [0.1, 0.15) is 36.9 Å². The molecule has 1 fully saturated rings. The van der Waals surface area contributed by atoms with Crippen molar-refractivity contribution in [2.45, 2.75) is 38.3 Å². The molecule has 0 bridgehead atoms. The van der Waals surface area contributed by atoms with Gasteiger partial charge in [-0.3, -0.25) is 4.79 Å². The molecule has 4 rings (SSSR count). The minimum Gasteiger partial charge on any atom is -0.371 e. The van der Waals surface area contributed by atoms with Gasteiger partial charge < -0.3 is 10.2 Å². The van der Waals surface area contributed by atoms with E-state index in [1.54, 1.807) is 0 Å². The molecule has 3 N–H and O–H groups in total. The van der Waals surface area contributed by atoms with Gasteiger partial charge in [0.05, 0.1) is 6.04 Å². The summed E-state index contributed by atoms with van der Waals surface area (Å²) in [5.74, 6) is 0.272. The van der Waals surface area contributed by atoms with E-state index >= 15 is 0 Å². The van der Waals surface area contributed by atoms with Gasteiger partial charge in [0.25, 0.3) is 0 Å². The van der Waals surface area contributed by atoms with Gasteiger partial charge in [0, 0.05) is 31.2 Å². The average molecular weight is 379 g/mol. The van der Waals surface area contributed by atoms with Gasteiger partial charge in [-0.25, -0.2) is 10.9 Å². The smallest absolute Gasteiger partial charge is 0.238 e. The molecule has 0 aromatic heterocycles. The Morgan fingerprint density at radius 1 is 1.11 bits per heavy atom. The van der Waals surface area contributed by atoms with Gasteiger partial charge in [0.2, 0.25) is 5.91 Å². The highest BCUT2D eigenvalue weighted by atomic mass is 16.2. The molecule has 0 saturated carbocycles. The first-order chi connectivity index (χ1) is 13.7. The first-order valence-electron chi connectivity index (χ1n) is 10.4. The fourth-order valence-electron chi connectivity index (χ4n) is 4.42. The lowest BCUT2D eigenvalue weighted by atomic mass is 9.91. The second kappa shape index (κ2) is 8.76. The maximum absolute atomic E-state index is 12.7. The van der Waals surface area contributed by atoms with E-state index in [0.29, 0.717) is 6.54 Å². The number of hydrazine groups is 1. The van der Waals surface area contributed by atoms with Crippen molar-refractivity contribution in [3.8, 4) is 0 Å². The molecule has 0 aliphatic carbocycles. The second-order valence-corrected chi connectivity index (χ2v) is 7.88. The Bertz CT molecular complexity index is 794. The van der Waals surface area contributed by atoms with E-state index in [1.807, 2.05) is 18.2 Å². The molecule has 2 aliphatic rings. The van der Waals surface area contributed by atoms with Gasteiger partial charge in [-0.1, -0.05) is 55.5 Å². The van der Waals surface area contributed by atoms with E-state index in [0.717, 1.165) is 19.5 Å². The summed E-state index contributed by atoms with van der Waals surface area (Å²) >= 11 is 0. The molecule has 28 heavy (non-hydrogen) atoms. The summed E-state index contributed by atoms with van der Waals surface area (Å²) < 4.78 is 0. The Hall–Kier alpha value is -2.37. The van der Waals surface area contributed by atoms with Crippen molar-refractivity contribution in [3.05, 3.63) is 65.7 Å². The summed E-state index contributed by atoms with van der Waals surface area (Å²) in [6.07, 6.45) is 3.33. The summed E-state index contributed by atoms with van der Waals surface area (Å²) in [6.45, 7) is 4.92. The monoisotopic (exact) mass is 378 g/mol. The zero-order valence-electron chi connectivity index (χ0n) is 16.5. The van der Waals surface area contributed by atoms with Gasteiger partial charge in [-0.15, -0.1) is 0 Å². The summed E-state index contributed by atoms with van der Waals surface area (Å²) in [5.41, 5.74) is 10.5. The van der Waals surface area contributed by atoms with Gasteiger partial charge >= 0.3 is 0 Å². The third-order valence-corrected chi connectivity index (χ3v) is 6.00. The van der Waals surface area contributed by atoms with Gasteiger partial charge in [-0.2, -0.15) is 0 Å². The van der Waals surface area contributed by atoms with Crippen LogP contribution < -0.4 is 21.1 Å². The first-order valence-corrected chi connectivity index (χ1v) is 10.4. The molecule has 148 valence electrons. The number of para-hydroxylation sites is 1. The fourth-order valence-corrected chi connectivity index (χ4v) is 4.42. The maximum atomic E-state index is 12.7. The van der Waals surface area contributed by atoms with Crippen LogP contribution in [-0.4, -0.2) is 31.6 Å². The van der Waals surface area contributed by atoms with Crippen LogP contribution in [-0.2, 0) is 11.2 Å². The first kappa shape index (κ1) is 19.0. The van der Waals surface area contributed by atoms with Crippen LogP contribution in [0.2, 0.25) is 0 Å².